The van der Waals surface area contributed by atoms with Gasteiger partial charge in [-0.2, -0.15) is 0 Å². The van der Waals surface area contributed by atoms with Crippen LogP contribution in [0, 0.1) is 0 Å². The summed E-state index contributed by atoms with van der Waals surface area (Å²) in [5, 5.41) is 10.4. The number of phenols is 1. The number of amides is 1. The number of para-hydroxylation sites is 1. The van der Waals surface area contributed by atoms with Crippen LogP contribution in [0.1, 0.15) is 16.9 Å². The van der Waals surface area contributed by atoms with Crippen LogP contribution in [-0.2, 0) is 0 Å². The number of aromatic hydroxyl groups is 1. The standard InChI is InChI=1S/C20H18N2O3/c23-15-6-7-18-14(12-15)13-19(21-18)20(24)22-10-8-17(9-11-22)25-16-4-2-1-3-5-16/h1-8,12-13,21,23H,9-11H2. The van der Waals surface area contributed by atoms with E-state index in [1.165, 1.54) is 0 Å². The van der Waals surface area contributed by atoms with Crippen LogP contribution in [0.25, 0.3) is 10.9 Å². The van der Waals surface area contributed by atoms with Crippen LogP contribution in [0.2, 0.25) is 0 Å². The lowest BCUT2D eigenvalue weighted by atomic mass is 10.2. The van der Waals surface area contributed by atoms with Gasteiger partial charge in [0.2, 0.25) is 0 Å². The lowest BCUT2D eigenvalue weighted by molar-refractivity contribution is 0.0756. The van der Waals surface area contributed by atoms with Crippen LogP contribution in [0.5, 0.6) is 11.5 Å². The zero-order chi connectivity index (χ0) is 17.2. The van der Waals surface area contributed by atoms with Gasteiger partial charge in [0.1, 0.15) is 23.0 Å². The number of hydrogen-bond acceptors (Lipinski definition) is 3. The number of carbonyl (C=O) groups is 1. The summed E-state index contributed by atoms with van der Waals surface area (Å²) < 4.78 is 5.84. The zero-order valence-corrected chi connectivity index (χ0v) is 13.6. The van der Waals surface area contributed by atoms with Crippen molar-refractivity contribution in [3.05, 3.63) is 72.1 Å². The van der Waals surface area contributed by atoms with Gasteiger partial charge in [0, 0.05) is 30.4 Å². The molecular formula is C20H18N2O3. The second kappa shape index (κ2) is 6.36. The van der Waals surface area contributed by atoms with Gasteiger partial charge in [0.05, 0.1) is 0 Å². The normalized spacial score (nSPS) is 14.4. The topological polar surface area (TPSA) is 65.6 Å². The van der Waals surface area contributed by atoms with Gasteiger partial charge in [-0.25, -0.2) is 0 Å². The monoisotopic (exact) mass is 334 g/mol. The van der Waals surface area contributed by atoms with Gasteiger partial charge < -0.3 is 19.7 Å². The van der Waals surface area contributed by atoms with Crippen molar-refractivity contribution in [1.29, 1.82) is 0 Å². The van der Waals surface area contributed by atoms with E-state index in [-0.39, 0.29) is 11.7 Å². The van der Waals surface area contributed by atoms with Gasteiger partial charge in [-0.15, -0.1) is 0 Å². The van der Waals surface area contributed by atoms with Crippen LogP contribution >= 0.6 is 0 Å². The number of benzene rings is 2. The van der Waals surface area contributed by atoms with E-state index in [1.54, 1.807) is 29.2 Å². The van der Waals surface area contributed by atoms with Gasteiger partial charge in [-0.3, -0.25) is 4.79 Å². The highest BCUT2D eigenvalue weighted by Gasteiger charge is 2.21. The van der Waals surface area contributed by atoms with E-state index in [0.717, 1.165) is 22.4 Å². The summed E-state index contributed by atoms with van der Waals surface area (Å²) in [6.07, 6.45) is 2.63. The highest BCUT2D eigenvalue weighted by atomic mass is 16.5. The third-order valence-corrected chi connectivity index (χ3v) is 4.28. The molecule has 0 aliphatic carbocycles. The lowest BCUT2D eigenvalue weighted by Gasteiger charge is -2.26. The minimum atomic E-state index is -0.0503. The third kappa shape index (κ3) is 3.21. The summed E-state index contributed by atoms with van der Waals surface area (Å²) in [5.74, 6) is 1.83. The number of rotatable bonds is 3. The number of H-pyrrole nitrogens is 1. The molecule has 2 aromatic carbocycles. The Kier molecular flexibility index (Phi) is 3.90. The predicted molar refractivity (Wildman–Crippen MR) is 95.6 cm³/mol. The molecule has 0 bridgehead atoms. The van der Waals surface area contributed by atoms with Crippen molar-refractivity contribution in [2.24, 2.45) is 0 Å². The molecule has 0 saturated carbocycles. The minimum absolute atomic E-state index is 0.0503. The molecule has 1 aliphatic heterocycles. The molecule has 0 spiro atoms. The minimum Gasteiger partial charge on any atom is -0.508 e. The largest absolute Gasteiger partial charge is 0.508 e. The Hall–Kier alpha value is -3.21. The molecule has 4 rings (SSSR count). The number of phenolic OH excluding ortho intramolecular Hbond substituents is 1. The van der Waals surface area contributed by atoms with E-state index in [1.807, 2.05) is 36.4 Å². The van der Waals surface area contributed by atoms with Crippen molar-refractivity contribution in [2.45, 2.75) is 6.42 Å². The summed E-state index contributed by atoms with van der Waals surface area (Å²) in [6, 6.07) is 16.4. The number of carbonyl (C=O) groups excluding carboxylic acids is 1. The molecule has 126 valence electrons. The number of hydrogen-bond donors (Lipinski definition) is 2. The van der Waals surface area contributed by atoms with Crippen molar-refractivity contribution in [1.82, 2.24) is 9.88 Å². The number of nitrogens with zero attached hydrogens (tertiary/aromatic N) is 1. The molecule has 5 heteroatoms. The molecule has 0 radical (unpaired) electrons. The van der Waals surface area contributed by atoms with Crippen molar-refractivity contribution >= 4 is 16.8 Å². The second-order valence-corrected chi connectivity index (χ2v) is 6.04. The van der Waals surface area contributed by atoms with E-state index in [0.29, 0.717) is 25.2 Å². The number of fused-ring (bicyclic) bond motifs is 1. The van der Waals surface area contributed by atoms with Crippen molar-refractivity contribution in [3.63, 3.8) is 0 Å². The van der Waals surface area contributed by atoms with Crippen LogP contribution < -0.4 is 4.74 Å². The molecule has 1 aromatic heterocycles. The molecule has 0 saturated heterocycles. The number of ether oxygens (including phenoxy) is 1. The number of nitrogens with one attached hydrogen (secondary N) is 1. The van der Waals surface area contributed by atoms with Gasteiger partial charge >= 0.3 is 0 Å². The van der Waals surface area contributed by atoms with Gasteiger partial charge in [0.25, 0.3) is 5.91 Å². The molecule has 0 unspecified atom stereocenters. The summed E-state index contributed by atoms with van der Waals surface area (Å²) >= 11 is 0. The molecule has 25 heavy (non-hydrogen) atoms. The molecule has 0 fully saturated rings. The Morgan fingerprint density at radius 2 is 1.96 bits per heavy atom. The highest BCUT2D eigenvalue weighted by molar-refractivity contribution is 5.98. The summed E-state index contributed by atoms with van der Waals surface area (Å²) in [5.41, 5.74) is 1.36. The van der Waals surface area contributed by atoms with Crippen LogP contribution in [0.3, 0.4) is 0 Å². The molecule has 5 nitrogen and oxygen atoms in total. The molecule has 1 amide bonds. The molecule has 3 aromatic rings. The smallest absolute Gasteiger partial charge is 0.270 e. The fourth-order valence-corrected chi connectivity index (χ4v) is 2.97. The Balaban J connectivity index is 1.46. The van der Waals surface area contributed by atoms with Gasteiger partial charge in [0.15, 0.2) is 0 Å². The number of aromatic nitrogens is 1. The first-order valence-electron chi connectivity index (χ1n) is 8.22. The van der Waals surface area contributed by atoms with E-state index in [9.17, 15) is 9.90 Å². The summed E-state index contributed by atoms with van der Waals surface area (Å²) in [7, 11) is 0. The molecule has 2 heterocycles. The van der Waals surface area contributed by atoms with E-state index in [2.05, 4.69) is 4.98 Å². The predicted octanol–water partition coefficient (Wildman–Crippen LogP) is 3.68. The van der Waals surface area contributed by atoms with E-state index < -0.39 is 0 Å². The first-order chi connectivity index (χ1) is 12.2. The quantitative estimate of drug-likeness (QED) is 0.768. The first-order valence-corrected chi connectivity index (χ1v) is 8.22. The average Bonchev–Trinajstić information content (AvgIpc) is 3.06. The van der Waals surface area contributed by atoms with Gasteiger partial charge in [-0.05, 0) is 42.5 Å². The summed E-state index contributed by atoms with van der Waals surface area (Å²) in [6.45, 7) is 1.12. The zero-order valence-electron chi connectivity index (χ0n) is 13.6. The second-order valence-electron chi connectivity index (χ2n) is 6.04. The molecular weight excluding hydrogens is 316 g/mol. The average molecular weight is 334 g/mol. The van der Waals surface area contributed by atoms with Crippen molar-refractivity contribution in [2.75, 3.05) is 13.1 Å². The fraction of sp³-hybridized carbons (Fsp3) is 0.150. The first kappa shape index (κ1) is 15.3. The van der Waals surface area contributed by atoms with E-state index >= 15 is 0 Å². The fourth-order valence-electron chi connectivity index (χ4n) is 2.97. The molecule has 1 aliphatic rings. The van der Waals surface area contributed by atoms with Crippen LogP contribution in [0.4, 0.5) is 0 Å². The van der Waals surface area contributed by atoms with Gasteiger partial charge in [-0.1, -0.05) is 18.2 Å². The number of aromatic amines is 1. The third-order valence-electron chi connectivity index (χ3n) is 4.28. The van der Waals surface area contributed by atoms with E-state index in [4.69, 9.17) is 4.74 Å². The maximum atomic E-state index is 12.7. The summed E-state index contributed by atoms with van der Waals surface area (Å²) in [4.78, 5) is 17.6. The Morgan fingerprint density at radius 1 is 1.12 bits per heavy atom. The Morgan fingerprint density at radius 3 is 2.72 bits per heavy atom. The maximum absolute atomic E-state index is 12.7. The maximum Gasteiger partial charge on any atom is 0.270 e. The SMILES string of the molecule is O=C(c1cc2cc(O)ccc2[nH]1)N1CC=C(Oc2ccccc2)CC1. The Bertz CT molecular complexity index is 944. The van der Waals surface area contributed by atoms with Crippen LogP contribution in [-0.4, -0.2) is 34.0 Å². The van der Waals surface area contributed by atoms with Crippen LogP contribution in [0.15, 0.2) is 66.4 Å². The highest BCUT2D eigenvalue weighted by Crippen LogP contribution is 2.23. The lowest BCUT2D eigenvalue weighted by Crippen LogP contribution is -2.35. The van der Waals surface area contributed by atoms with Crippen molar-refractivity contribution < 1.29 is 14.6 Å². The molecule has 0 atom stereocenters. The molecule has 2 N–H and O–H groups in total. The Labute approximate surface area is 145 Å². The van der Waals surface area contributed by atoms with Crippen molar-refractivity contribution in [3.8, 4) is 11.5 Å².